The summed E-state index contributed by atoms with van der Waals surface area (Å²) in [6, 6.07) is 8.64. The first kappa shape index (κ1) is 16.7. The molecule has 0 aliphatic carbocycles. The molecule has 0 aliphatic rings. The van der Waals surface area contributed by atoms with Crippen LogP contribution in [0, 0.1) is 5.82 Å². The third kappa shape index (κ3) is 3.57. The molecule has 0 bridgehead atoms. The Balaban J connectivity index is 2.46. The van der Waals surface area contributed by atoms with Crippen LogP contribution in [-0.2, 0) is 19.9 Å². The predicted octanol–water partition coefficient (Wildman–Crippen LogP) is 2.68. The van der Waals surface area contributed by atoms with Crippen LogP contribution in [0.3, 0.4) is 0 Å². The average Bonchev–Trinajstić information content (AvgIpc) is 2.43. The molecular weight excluding hydrogens is 353 g/mol. The van der Waals surface area contributed by atoms with Gasteiger partial charge < -0.3 is 0 Å². The quantitative estimate of drug-likeness (QED) is 0.905. The van der Waals surface area contributed by atoms with Gasteiger partial charge in [0, 0.05) is 6.26 Å². The summed E-state index contributed by atoms with van der Waals surface area (Å²) in [7, 11) is -7.71. The van der Waals surface area contributed by atoms with Crippen molar-refractivity contribution in [2.24, 2.45) is 0 Å². The minimum absolute atomic E-state index is 0.151. The summed E-state index contributed by atoms with van der Waals surface area (Å²) in [5.41, 5.74) is -0.322. The third-order valence-corrected chi connectivity index (χ3v) is 5.51. The van der Waals surface area contributed by atoms with Crippen molar-refractivity contribution in [2.45, 2.75) is 9.79 Å². The van der Waals surface area contributed by atoms with Gasteiger partial charge in [-0.2, -0.15) is 0 Å². The van der Waals surface area contributed by atoms with Crippen LogP contribution < -0.4 is 4.72 Å². The maximum atomic E-state index is 13.8. The molecule has 0 aliphatic heterocycles. The van der Waals surface area contributed by atoms with E-state index in [4.69, 9.17) is 11.6 Å². The Morgan fingerprint density at radius 2 is 1.59 bits per heavy atom. The summed E-state index contributed by atoms with van der Waals surface area (Å²) in [5.74, 6) is -0.910. The van der Waals surface area contributed by atoms with Crippen molar-refractivity contribution in [2.75, 3.05) is 11.0 Å². The van der Waals surface area contributed by atoms with Crippen LogP contribution in [0.2, 0.25) is 5.02 Å². The molecule has 0 aromatic heterocycles. The monoisotopic (exact) mass is 363 g/mol. The van der Waals surface area contributed by atoms with Crippen molar-refractivity contribution in [1.82, 2.24) is 0 Å². The highest BCUT2D eigenvalue weighted by molar-refractivity contribution is 7.93. The van der Waals surface area contributed by atoms with Gasteiger partial charge in [0.15, 0.2) is 15.7 Å². The van der Waals surface area contributed by atoms with Crippen LogP contribution in [0.4, 0.5) is 10.1 Å². The molecule has 0 fully saturated rings. The Bertz CT molecular complexity index is 927. The molecule has 0 saturated heterocycles. The zero-order valence-corrected chi connectivity index (χ0v) is 13.6. The Morgan fingerprint density at radius 3 is 2.23 bits per heavy atom. The van der Waals surface area contributed by atoms with Gasteiger partial charge in [-0.15, -0.1) is 0 Å². The molecule has 5 nitrogen and oxygen atoms in total. The fourth-order valence-corrected chi connectivity index (χ4v) is 3.68. The van der Waals surface area contributed by atoms with Gasteiger partial charge in [-0.25, -0.2) is 21.2 Å². The van der Waals surface area contributed by atoms with Gasteiger partial charge in [-0.05, 0) is 30.3 Å². The second-order valence-electron chi connectivity index (χ2n) is 4.45. The van der Waals surface area contributed by atoms with Crippen LogP contribution in [0.5, 0.6) is 0 Å². The van der Waals surface area contributed by atoms with Gasteiger partial charge in [0.05, 0.1) is 20.5 Å². The summed E-state index contributed by atoms with van der Waals surface area (Å²) >= 11 is 5.58. The predicted molar refractivity (Wildman–Crippen MR) is 81.8 cm³/mol. The molecule has 0 atom stereocenters. The van der Waals surface area contributed by atoms with Crippen LogP contribution in [-0.4, -0.2) is 23.1 Å². The fourth-order valence-electron chi connectivity index (χ4n) is 1.66. The minimum atomic E-state index is -4.15. The second kappa shape index (κ2) is 5.86. The van der Waals surface area contributed by atoms with E-state index >= 15 is 0 Å². The van der Waals surface area contributed by atoms with Gasteiger partial charge in [0.25, 0.3) is 10.0 Å². The van der Waals surface area contributed by atoms with Crippen molar-refractivity contribution >= 4 is 37.1 Å². The molecule has 0 saturated carbocycles. The van der Waals surface area contributed by atoms with E-state index in [1.807, 2.05) is 4.72 Å². The molecular formula is C13H11ClFNO4S2. The van der Waals surface area contributed by atoms with Gasteiger partial charge >= 0.3 is 0 Å². The number of benzene rings is 2. The first-order chi connectivity index (χ1) is 10.1. The standard InChI is InChI=1S/C13H11ClFNO4S2/c1-21(17,18)9-4-2-5-10(8-9)22(19,20)16-12-7-3-6-11(14)13(12)15/h2-8,16H,1H3. The van der Waals surface area contributed by atoms with Gasteiger partial charge in [-0.1, -0.05) is 23.7 Å². The van der Waals surface area contributed by atoms with E-state index in [2.05, 4.69) is 0 Å². The molecule has 0 spiro atoms. The van der Waals surface area contributed by atoms with Crippen LogP contribution in [0.25, 0.3) is 0 Å². The number of hydrogen-bond acceptors (Lipinski definition) is 4. The highest BCUT2D eigenvalue weighted by atomic mass is 35.5. The van der Waals surface area contributed by atoms with E-state index in [0.717, 1.165) is 12.3 Å². The molecule has 118 valence electrons. The zero-order chi connectivity index (χ0) is 16.5. The average molecular weight is 364 g/mol. The smallest absolute Gasteiger partial charge is 0.262 e. The number of hydrogen-bond donors (Lipinski definition) is 1. The Labute approximate surface area is 132 Å². The van der Waals surface area contributed by atoms with E-state index in [1.54, 1.807) is 0 Å². The molecule has 2 rings (SSSR count). The summed E-state index contributed by atoms with van der Waals surface area (Å²) in [5, 5.41) is -0.231. The summed E-state index contributed by atoms with van der Waals surface area (Å²) in [4.78, 5) is -0.447. The number of sulfone groups is 1. The molecule has 0 heterocycles. The van der Waals surface area contributed by atoms with E-state index in [1.165, 1.54) is 36.4 Å². The van der Waals surface area contributed by atoms with Crippen molar-refractivity contribution < 1.29 is 21.2 Å². The van der Waals surface area contributed by atoms with Gasteiger partial charge in [0.1, 0.15) is 0 Å². The third-order valence-electron chi connectivity index (χ3n) is 2.74. The van der Waals surface area contributed by atoms with E-state index in [-0.39, 0.29) is 20.5 Å². The molecule has 22 heavy (non-hydrogen) atoms. The Hall–Kier alpha value is -1.64. The summed E-state index contributed by atoms with van der Waals surface area (Å²) < 4.78 is 63.2. The molecule has 0 radical (unpaired) electrons. The topological polar surface area (TPSA) is 80.3 Å². The van der Waals surface area contributed by atoms with Crippen molar-refractivity contribution in [3.05, 3.63) is 53.3 Å². The lowest BCUT2D eigenvalue weighted by atomic mass is 10.3. The normalized spacial score (nSPS) is 12.1. The van der Waals surface area contributed by atoms with E-state index in [9.17, 15) is 21.2 Å². The van der Waals surface area contributed by atoms with E-state index in [0.29, 0.717) is 0 Å². The largest absolute Gasteiger partial charge is 0.277 e. The molecule has 0 unspecified atom stereocenters. The number of nitrogens with one attached hydrogen (secondary N) is 1. The highest BCUT2D eigenvalue weighted by Gasteiger charge is 2.19. The number of sulfonamides is 1. The van der Waals surface area contributed by atoms with Crippen LogP contribution in [0.1, 0.15) is 0 Å². The number of anilines is 1. The number of halogens is 2. The van der Waals surface area contributed by atoms with Crippen molar-refractivity contribution in [3.63, 3.8) is 0 Å². The molecule has 9 heteroatoms. The van der Waals surface area contributed by atoms with Crippen molar-refractivity contribution in [3.8, 4) is 0 Å². The SMILES string of the molecule is CS(=O)(=O)c1cccc(S(=O)(=O)Nc2cccc(Cl)c2F)c1. The van der Waals surface area contributed by atoms with Crippen LogP contribution >= 0.6 is 11.6 Å². The van der Waals surface area contributed by atoms with E-state index < -0.39 is 25.7 Å². The molecule has 1 N–H and O–H groups in total. The molecule has 2 aromatic carbocycles. The zero-order valence-electron chi connectivity index (χ0n) is 11.2. The first-order valence-electron chi connectivity index (χ1n) is 5.88. The first-order valence-corrected chi connectivity index (χ1v) is 9.63. The lowest BCUT2D eigenvalue weighted by Crippen LogP contribution is -2.14. The van der Waals surface area contributed by atoms with Gasteiger partial charge in [0.2, 0.25) is 0 Å². The fraction of sp³-hybridized carbons (Fsp3) is 0.0769. The Kier molecular flexibility index (Phi) is 4.46. The lowest BCUT2D eigenvalue weighted by molar-refractivity contribution is 0.597. The lowest BCUT2D eigenvalue weighted by Gasteiger charge is -2.10. The van der Waals surface area contributed by atoms with Crippen LogP contribution in [0.15, 0.2) is 52.3 Å². The second-order valence-corrected chi connectivity index (χ2v) is 8.56. The molecule has 2 aromatic rings. The minimum Gasteiger partial charge on any atom is -0.277 e. The maximum absolute atomic E-state index is 13.8. The number of rotatable bonds is 4. The maximum Gasteiger partial charge on any atom is 0.262 e. The highest BCUT2D eigenvalue weighted by Crippen LogP contribution is 2.25. The molecule has 0 amide bonds. The summed E-state index contributed by atoms with van der Waals surface area (Å²) in [6.07, 6.45) is 0.961. The van der Waals surface area contributed by atoms with Crippen molar-refractivity contribution in [1.29, 1.82) is 0 Å². The van der Waals surface area contributed by atoms with Gasteiger partial charge in [-0.3, -0.25) is 4.72 Å². The summed E-state index contributed by atoms with van der Waals surface area (Å²) in [6.45, 7) is 0. The Morgan fingerprint density at radius 1 is 1.00 bits per heavy atom.